The van der Waals surface area contributed by atoms with Gasteiger partial charge in [0.1, 0.15) is 0 Å². The van der Waals surface area contributed by atoms with Gasteiger partial charge in [-0.2, -0.15) is 13.2 Å². The van der Waals surface area contributed by atoms with Crippen molar-refractivity contribution in [1.82, 2.24) is 0 Å². The summed E-state index contributed by atoms with van der Waals surface area (Å²) in [6.07, 6.45) is -3.63. The van der Waals surface area contributed by atoms with Gasteiger partial charge in [0.2, 0.25) is 0 Å². The summed E-state index contributed by atoms with van der Waals surface area (Å²) in [4.78, 5) is 11.5. The van der Waals surface area contributed by atoms with Crippen molar-refractivity contribution in [3.63, 3.8) is 0 Å². The van der Waals surface area contributed by atoms with E-state index in [0.29, 0.717) is 15.9 Å². The molecule has 0 fully saturated rings. The summed E-state index contributed by atoms with van der Waals surface area (Å²) < 4.78 is 38.3. The molecule has 0 N–H and O–H groups in total. The molecule has 0 bridgehead atoms. The van der Waals surface area contributed by atoms with Gasteiger partial charge in [0.05, 0.1) is 10.4 Å². The van der Waals surface area contributed by atoms with Gasteiger partial charge in [0.15, 0.2) is 6.29 Å². The molecule has 96 valence electrons. The molecule has 1 heterocycles. The molecule has 0 aliphatic rings. The summed E-state index contributed by atoms with van der Waals surface area (Å²) in [6, 6.07) is 3.63. The molecule has 2 aromatic rings. The second-order valence-electron chi connectivity index (χ2n) is 4.36. The fourth-order valence-corrected chi connectivity index (χ4v) is 3.21. The zero-order valence-electron chi connectivity index (χ0n) is 9.84. The van der Waals surface area contributed by atoms with Gasteiger partial charge < -0.3 is 0 Å². The van der Waals surface area contributed by atoms with Gasteiger partial charge in [-0.25, -0.2) is 0 Å². The van der Waals surface area contributed by atoms with Crippen LogP contribution in [0.1, 0.15) is 40.6 Å². The Morgan fingerprint density at radius 2 is 1.94 bits per heavy atom. The number of rotatable bonds is 2. The van der Waals surface area contributed by atoms with Crippen LogP contribution in [0.2, 0.25) is 0 Å². The van der Waals surface area contributed by atoms with E-state index < -0.39 is 11.7 Å². The molecule has 0 atom stereocenters. The molecule has 0 saturated carbocycles. The Labute approximate surface area is 106 Å². The Morgan fingerprint density at radius 1 is 1.28 bits per heavy atom. The van der Waals surface area contributed by atoms with E-state index in [1.165, 1.54) is 6.07 Å². The lowest BCUT2D eigenvalue weighted by atomic mass is 9.99. The highest BCUT2D eigenvalue weighted by Crippen LogP contribution is 2.38. The van der Waals surface area contributed by atoms with Crippen molar-refractivity contribution in [2.45, 2.75) is 25.9 Å². The van der Waals surface area contributed by atoms with Crippen LogP contribution in [0.15, 0.2) is 18.2 Å². The number of alkyl halides is 3. The van der Waals surface area contributed by atoms with E-state index in [4.69, 9.17) is 0 Å². The van der Waals surface area contributed by atoms with E-state index in [1.807, 2.05) is 13.8 Å². The van der Waals surface area contributed by atoms with Gasteiger partial charge in [0, 0.05) is 4.70 Å². The summed E-state index contributed by atoms with van der Waals surface area (Å²) in [6.45, 7) is 3.85. The minimum atomic E-state index is -4.35. The molecule has 0 saturated heterocycles. The molecule has 0 amide bonds. The van der Waals surface area contributed by atoms with Gasteiger partial charge in [0.25, 0.3) is 0 Å². The van der Waals surface area contributed by atoms with E-state index >= 15 is 0 Å². The average Bonchev–Trinajstić information content (AvgIpc) is 2.64. The Morgan fingerprint density at radius 3 is 2.44 bits per heavy atom. The average molecular weight is 272 g/mol. The van der Waals surface area contributed by atoms with Crippen LogP contribution in [-0.2, 0) is 6.18 Å². The maximum Gasteiger partial charge on any atom is 0.416 e. The van der Waals surface area contributed by atoms with Gasteiger partial charge in [-0.1, -0.05) is 19.9 Å². The summed E-state index contributed by atoms with van der Waals surface area (Å²) in [5.74, 6) is 0.107. The standard InChI is InChI=1S/C13H11F3OS/c1-7(2)12-9-4-3-8(13(14,15)16)5-10(9)18-11(12)6-17/h3-7H,1-2H3. The maximum atomic E-state index is 12.6. The monoisotopic (exact) mass is 272 g/mol. The predicted octanol–water partition coefficient (Wildman–Crippen LogP) is 4.86. The third-order valence-corrected chi connectivity index (χ3v) is 3.86. The molecule has 1 aromatic carbocycles. The smallest absolute Gasteiger partial charge is 0.297 e. The molecule has 0 radical (unpaired) electrons. The highest BCUT2D eigenvalue weighted by molar-refractivity contribution is 7.20. The first-order chi connectivity index (χ1) is 8.34. The largest absolute Gasteiger partial charge is 0.416 e. The first-order valence-electron chi connectivity index (χ1n) is 5.43. The third kappa shape index (κ3) is 2.14. The Kier molecular flexibility index (Phi) is 3.19. The SMILES string of the molecule is CC(C)c1c(C=O)sc2cc(C(F)(F)F)ccc12. The maximum absolute atomic E-state index is 12.6. The van der Waals surface area contributed by atoms with Crippen LogP contribution < -0.4 is 0 Å². The minimum absolute atomic E-state index is 0.107. The first kappa shape index (κ1) is 13.1. The van der Waals surface area contributed by atoms with Crippen molar-refractivity contribution in [2.24, 2.45) is 0 Å². The number of benzene rings is 1. The van der Waals surface area contributed by atoms with Crippen LogP contribution in [0.4, 0.5) is 13.2 Å². The Bertz CT molecular complexity index is 596. The molecule has 5 heteroatoms. The number of hydrogen-bond donors (Lipinski definition) is 0. The van der Waals surface area contributed by atoms with E-state index in [0.717, 1.165) is 34.4 Å². The van der Waals surface area contributed by atoms with Crippen LogP contribution in [0.25, 0.3) is 10.1 Å². The van der Waals surface area contributed by atoms with Crippen molar-refractivity contribution in [3.05, 3.63) is 34.2 Å². The summed E-state index contributed by atoms with van der Waals surface area (Å²) in [7, 11) is 0. The highest BCUT2D eigenvalue weighted by Gasteiger charge is 2.31. The number of halogens is 3. The number of aldehydes is 1. The van der Waals surface area contributed by atoms with Crippen molar-refractivity contribution in [2.75, 3.05) is 0 Å². The molecule has 0 spiro atoms. The molecule has 2 rings (SSSR count). The number of carbonyl (C=O) groups excluding carboxylic acids is 1. The Balaban J connectivity index is 2.70. The zero-order valence-corrected chi connectivity index (χ0v) is 10.7. The van der Waals surface area contributed by atoms with Gasteiger partial charge in [-0.3, -0.25) is 4.79 Å². The minimum Gasteiger partial charge on any atom is -0.297 e. The third-order valence-electron chi connectivity index (χ3n) is 2.77. The lowest BCUT2D eigenvalue weighted by Gasteiger charge is -2.07. The summed E-state index contributed by atoms with van der Waals surface area (Å²) in [5.41, 5.74) is 0.155. The predicted molar refractivity (Wildman–Crippen MR) is 66.3 cm³/mol. The first-order valence-corrected chi connectivity index (χ1v) is 6.25. The lowest BCUT2D eigenvalue weighted by Crippen LogP contribution is -2.03. The molecule has 1 aromatic heterocycles. The fraction of sp³-hybridized carbons (Fsp3) is 0.308. The molecule has 0 unspecified atom stereocenters. The van der Waals surface area contributed by atoms with Crippen molar-refractivity contribution in [1.29, 1.82) is 0 Å². The molecule has 1 nitrogen and oxygen atoms in total. The zero-order chi connectivity index (χ0) is 13.5. The van der Waals surface area contributed by atoms with E-state index in [9.17, 15) is 18.0 Å². The van der Waals surface area contributed by atoms with E-state index in [1.54, 1.807) is 0 Å². The molecular formula is C13H11F3OS. The number of hydrogen-bond acceptors (Lipinski definition) is 2. The number of thiophene rings is 1. The molecular weight excluding hydrogens is 261 g/mol. The van der Waals surface area contributed by atoms with Gasteiger partial charge >= 0.3 is 6.18 Å². The number of carbonyl (C=O) groups is 1. The van der Waals surface area contributed by atoms with Crippen LogP contribution in [0.3, 0.4) is 0 Å². The van der Waals surface area contributed by atoms with Crippen LogP contribution in [-0.4, -0.2) is 6.29 Å². The molecule has 0 aliphatic heterocycles. The quantitative estimate of drug-likeness (QED) is 0.714. The second kappa shape index (κ2) is 4.39. The van der Waals surface area contributed by atoms with Crippen molar-refractivity contribution >= 4 is 27.7 Å². The lowest BCUT2D eigenvalue weighted by molar-refractivity contribution is -0.137. The fourth-order valence-electron chi connectivity index (χ4n) is 1.99. The Hall–Kier alpha value is -1.36. The van der Waals surface area contributed by atoms with Crippen molar-refractivity contribution < 1.29 is 18.0 Å². The second-order valence-corrected chi connectivity index (χ2v) is 5.45. The topological polar surface area (TPSA) is 17.1 Å². The van der Waals surface area contributed by atoms with Gasteiger partial charge in [-0.05, 0) is 29.0 Å². The van der Waals surface area contributed by atoms with Gasteiger partial charge in [-0.15, -0.1) is 11.3 Å². The number of fused-ring (bicyclic) bond motifs is 1. The van der Waals surface area contributed by atoms with Crippen LogP contribution >= 0.6 is 11.3 Å². The van der Waals surface area contributed by atoms with E-state index in [-0.39, 0.29) is 5.92 Å². The molecule has 18 heavy (non-hydrogen) atoms. The van der Waals surface area contributed by atoms with Crippen molar-refractivity contribution in [3.8, 4) is 0 Å². The normalized spacial score (nSPS) is 12.3. The van der Waals surface area contributed by atoms with Crippen LogP contribution in [0, 0.1) is 0 Å². The summed E-state index contributed by atoms with van der Waals surface area (Å²) in [5, 5.41) is 0.741. The van der Waals surface area contributed by atoms with E-state index in [2.05, 4.69) is 0 Å². The highest BCUT2D eigenvalue weighted by atomic mass is 32.1. The molecule has 0 aliphatic carbocycles. The van der Waals surface area contributed by atoms with Crippen LogP contribution in [0.5, 0.6) is 0 Å². The summed E-state index contributed by atoms with van der Waals surface area (Å²) >= 11 is 1.11.